The molecular weight excluding hydrogens is 514 g/mol. The first-order valence-electron chi connectivity index (χ1n) is 9.64. The maximum absolute atomic E-state index is 12.9. The van der Waals surface area contributed by atoms with Gasteiger partial charge in [-0.1, -0.05) is 28.1 Å². The zero-order valence-electron chi connectivity index (χ0n) is 17.3. The molecule has 7 nitrogen and oxygen atoms in total. The second-order valence-electron chi connectivity index (χ2n) is 6.96. The number of hydrogen-bond acceptors (Lipinski definition) is 8. The molecule has 166 valence electrons. The summed E-state index contributed by atoms with van der Waals surface area (Å²) in [6.07, 6.45) is 2.03. The Morgan fingerprint density at radius 2 is 2.03 bits per heavy atom. The van der Waals surface area contributed by atoms with Gasteiger partial charge in [-0.25, -0.2) is 18.4 Å². The fourth-order valence-electron chi connectivity index (χ4n) is 3.11. The van der Waals surface area contributed by atoms with Crippen molar-refractivity contribution < 1.29 is 17.6 Å². The molecule has 0 amide bonds. The molecule has 4 aromatic rings. The van der Waals surface area contributed by atoms with E-state index in [0.29, 0.717) is 23.6 Å². The van der Waals surface area contributed by atoms with Crippen LogP contribution in [0.4, 0.5) is 11.7 Å². The third-order valence-electron chi connectivity index (χ3n) is 4.83. The number of aromatic nitrogens is 2. The summed E-state index contributed by atoms with van der Waals surface area (Å²) < 4.78 is 38.0. The molecule has 0 saturated heterocycles. The number of nitrogens with zero attached hydrogens (tertiary/aromatic N) is 2. The van der Waals surface area contributed by atoms with Crippen molar-refractivity contribution in [2.24, 2.45) is 0 Å². The van der Waals surface area contributed by atoms with Gasteiger partial charge in [0.15, 0.2) is 15.6 Å². The highest BCUT2D eigenvalue weighted by atomic mass is 79.9. The van der Waals surface area contributed by atoms with Crippen LogP contribution in [0.25, 0.3) is 11.3 Å². The largest absolute Gasteiger partial charge is 0.495 e. The van der Waals surface area contributed by atoms with Crippen molar-refractivity contribution in [3.63, 3.8) is 0 Å². The summed E-state index contributed by atoms with van der Waals surface area (Å²) in [7, 11) is -1.99. The fraction of sp³-hybridized carbons (Fsp3) is 0.182. The van der Waals surface area contributed by atoms with E-state index in [-0.39, 0.29) is 16.7 Å². The lowest BCUT2D eigenvalue weighted by Crippen LogP contribution is -2.10. The number of oxazole rings is 1. The standard InChI is InChI=1S/C22H20BrN3O4S2/c1-14-21(31-13-25-14)8-9-32(27,28)17-6-7-19(29-2)18(11-17)26-22-24-12-20(30-22)15-4-3-5-16(23)10-15/h3-7,10-13H,8-9H2,1-2H3,(H,24,26). The Balaban J connectivity index is 1.56. The molecule has 32 heavy (non-hydrogen) atoms. The Hall–Kier alpha value is -2.69. The Morgan fingerprint density at radius 1 is 1.19 bits per heavy atom. The van der Waals surface area contributed by atoms with Crippen LogP contribution in [-0.4, -0.2) is 31.2 Å². The summed E-state index contributed by atoms with van der Waals surface area (Å²) in [5.41, 5.74) is 3.91. The Morgan fingerprint density at radius 3 is 2.75 bits per heavy atom. The summed E-state index contributed by atoms with van der Waals surface area (Å²) in [6, 6.07) is 12.6. The summed E-state index contributed by atoms with van der Waals surface area (Å²) in [6.45, 7) is 1.88. The first-order chi connectivity index (χ1) is 15.4. The zero-order valence-corrected chi connectivity index (χ0v) is 20.6. The van der Waals surface area contributed by atoms with Crippen LogP contribution >= 0.6 is 27.3 Å². The van der Waals surface area contributed by atoms with E-state index in [0.717, 1.165) is 20.6 Å². The van der Waals surface area contributed by atoms with Gasteiger partial charge in [0.2, 0.25) is 0 Å². The molecule has 10 heteroatoms. The number of methoxy groups -OCH3 is 1. The molecule has 0 aliphatic rings. The topological polar surface area (TPSA) is 94.3 Å². The number of rotatable bonds is 8. The van der Waals surface area contributed by atoms with Crippen LogP contribution in [0.3, 0.4) is 0 Å². The highest BCUT2D eigenvalue weighted by Gasteiger charge is 2.19. The first kappa shape index (κ1) is 22.5. The van der Waals surface area contributed by atoms with E-state index in [1.165, 1.54) is 24.5 Å². The van der Waals surface area contributed by atoms with Crippen LogP contribution in [0, 0.1) is 6.92 Å². The smallest absolute Gasteiger partial charge is 0.299 e. The SMILES string of the molecule is COc1ccc(S(=O)(=O)CCc2scnc2C)cc1Nc1ncc(-c2cccc(Br)c2)o1. The van der Waals surface area contributed by atoms with E-state index in [4.69, 9.17) is 9.15 Å². The summed E-state index contributed by atoms with van der Waals surface area (Å²) >= 11 is 4.91. The number of hydrogen-bond donors (Lipinski definition) is 1. The molecule has 0 atom stereocenters. The number of thiazole rings is 1. The van der Waals surface area contributed by atoms with Crippen LogP contribution in [0.1, 0.15) is 10.6 Å². The van der Waals surface area contributed by atoms with E-state index in [9.17, 15) is 8.42 Å². The van der Waals surface area contributed by atoms with E-state index in [1.54, 1.807) is 23.8 Å². The van der Waals surface area contributed by atoms with E-state index in [2.05, 4.69) is 31.2 Å². The lowest BCUT2D eigenvalue weighted by Gasteiger charge is -2.11. The zero-order chi connectivity index (χ0) is 22.7. The van der Waals surface area contributed by atoms with Gasteiger partial charge in [0.05, 0.1) is 40.8 Å². The van der Waals surface area contributed by atoms with Crippen molar-refractivity contribution in [2.75, 3.05) is 18.2 Å². The van der Waals surface area contributed by atoms with Crippen molar-refractivity contribution in [2.45, 2.75) is 18.2 Å². The average molecular weight is 534 g/mol. The van der Waals surface area contributed by atoms with Crippen molar-refractivity contribution in [3.05, 3.63) is 69.2 Å². The molecule has 2 aromatic carbocycles. The van der Waals surface area contributed by atoms with Crippen molar-refractivity contribution in [3.8, 4) is 17.1 Å². The molecule has 1 N–H and O–H groups in total. The monoisotopic (exact) mass is 533 g/mol. The van der Waals surface area contributed by atoms with Gasteiger partial charge in [0.25, 0.3) is 6.01 Å². The highest BCUT2D eigenvalue weighted by molar-refractivity contribution is 9.10. The van der Waals surface area contributed by atoms with Crippen molar-refractivity contribution >= 4 is 48.8 Å². The third-order valence-corrected chi connectivity index (χ3v) is 8.03. The molecular formula is C22H20BrN3O4S2. The van der Waals surface area contributed by atoms with Crippen LogP contribution in [0.15, 0.2) is 68.0 Å². The van der Waals surface area contributed by atoms with E-state index in [1.807, 2.05) is 31.2 Å². The maximum atomic E-state index is 12.9. The molecule has 0 aliphatic heterocycles. The predicted octanol–water partition coefficient (Wildman–Crippen LogP) is 5.64. The Bertz CT molecular complexity index is 1350. The van der Waals surface area contributed by atoms with Crippen molar-refractivity contribution in [1.29, 1.82) is 0 Å². The van der Waals surface area contributed by atoms with Crippen LogP contribution in [-0.2, 0) is 16.3 Å². The number of ether oxygens (including phenoxy) is 1. The first-order valence-corrected chi connectivity index (χ1v) is 13.0. The molecule has 0 saturated carbocycles. The number of anilines is 2. The minimum absolute atomic E-state index is 0.00611. The fourth-order valence-corrected chi connectivity index (χ4v) is 5.70. The van der Waals surface area contributed by atoms with Gasteiger partial charge >= 0.3 is 0 Å². The average Bonchev–Trinajstić information content (AvgIpc) is 3.41. The molecule has 0 spiro atoms. The Kier molecular flexibility index (Phi) is 6.63. The molecule has 0 radical (unpaired) electrons. The third kappa shape index (κ3) is 5.03. The highest BCUT2D eigenvalue weighted by Crippen LogP contribution is 2.32. The molecule has 2 aromatic heterocycles. The number of nitrogens with one attached hydrogen (secondary N) is 1. The minimum atomic E-state index is -3.51. The van der Waals surface area contributed by atoms with Crippen LogP contribution < -0.4 is 10.1 Å². The van der Waals surface area contributed by atoms with Crippen LogP contribution in [0.2, 0.25) is 0 Å². The molecule has 2 heterocycles. The summed E-state index contributed by atoms with van der Waals surface area (Å²) in [5.74, 6) is 1.05. The predicted molar refractivity (Wildman–Crippen MR) is 129 cm³/mol. The van der Waals surface area contributed by atoms with Gasteiger partial charge in [-0.2, -0.15) is 0 Å². The van der Waals surface area contributed by atoms with Gasteiger partial charge in [-0.05, 0) is 43.7 Å². The van der Waals surface area contributed by atoms with E-state index < -0.39 is 9.84 Å². The lowest BCUT2D eigenvalue weighted by molar-refractivity contribution is 0.416. The number of aryl methyl sites for hydroxylation is 2. The van der Waals surface area contributed by atoms with Gasteiger partial charge in [-0.15, -0.1) is 11.3 Å². The molecule has 0 bridgehead atoms. The maximum Gasteiger partial charge on any atom is 0.299 e. The minimum Gasteiger partial charge on any atom is -0.495 e. The summed E-state index contributed by atoms with van der Waals surface area (Å²) in [5, 5.41) is 3.03. The number of halogens is 1. The van der Waals surface area contributed by atoms with Gasteiger partial charge < -0.3 is 14.5 Å². The quantitative estimate of drug-likeness (QED) is 0.313. The Labute approximate surface area is 198 Å². The van der Waals surface area contributed by atoms with Crippen LogP contribution in [0.5, 0.6) is 5.75 Å². The number of sulfone groups is 1. The molecule has 0 aliphatic carbocycles. The van der Waals surface area contributed by atoms with E-state index >= 15 is 0 Å². The van der Waals surface area contributed by atoms with Crippen molar-refractivity contribution in [1.82, 2.24) is 9.97 Å². The number of benzene rings is 2. The lowest BCUT2D eigenvalue weighted by atomic mass is 10.2. The van der Waals surface area contributed by atoms with Gasteiger partial charge in [0.1, 0.15) is 5.75 Å². The molecule has 0 fully saturated rings. The second-order valence-corrected chi connectivity index (χ2v) is 10.9. The summed E-state index contributed by atoms with van der Waals surface area (Å²) in [4.78, 5) is 9.61. The molecule has 0 unspecified atom stereocenters. The van der Waals surface area contributed by atoms with Gasteiger partial charge in [0, 0.05) is 14.9 Å². The normalized spacial score (nSPS) is 11.5. The van der Waals surface area contributed by atoms with Gasteiger partial charge in [-0.3, -0.25) is 0 Å². The molecule has 4 rings (SSSR count). The second kappa shape index (κ2) is 9.43.